The van der Waals surface area contributed by atoms with Gasteiger partial charge in [-0.05, 0) is 44.9 Å². The number of pyridine rings is 1. The van der Waals surface area contributed by atoms with E-state index in [2.05, 4.69) is 34.5 Å². The molecule has 0 unspecified atom stereocenters. The lowest BCUT2D eigenvalue weighted by Crippen LogP contribution is -2.39. The molecule has 25 heavy (non-hydrogen) atoms. The summed E-state index contributed by atoms with van der Waals surface area (Å²) in [5, 5.41) is 7.25. The van der Waals surface area contributed by atoms with Crippen LogP contribution in [0.2, 0.25) is 5.15 Å². The zero-order chi connectivity index (χ0) is 17.9. The highest BCUT2D eigenvalue weighted by atomic mass is 35.5. The molecule has 0 aromatic carbocycles. The van der Waals surface area contributed by atoms with Gasteiger partial charge in [0.1, 0.15) is 5.15 Å². The van der Waals surface area contributed by atoms with Crippen molar-refractivity contribution in [3.05, 3.63) is 29.0 Å². The predicted molar refractivity (Wildman–Crippen MR) is 106 cm³/mol. The lowest BCUT2D eigenvalue weighted by molar-refractivity contribution is 0.196. The lowest BCUT2D eigenvalue weighted by Gasteiger charge is -2.30. The summed E-state index contributed by atoms with van der Waals surface area (Å²) in [6.45, 7) is 5.63. The van der Waals surface area contributed by atoms with Crippen LogP contribution in [-0.4, -0.2) is 55.1 Å². The third-order valence-electron chi connectivity index (χ3n) is 4.76. The Morgan fingerprint density at radius 3 is 2.76 bits per heavy atom. The summed E-state index contributed by atoms with van der Waals surface area (Å²) < 4.78 is 0. The number of guanidine groups is 1. The number of hydrogen-bond acceptors (Lipinski definition) is 3. The Balaban J connectivity index is 1.72. The molecule has 1 fully saturated rings. The Labute approximate surface area is 157 Å². The van der Waals surface area contributed by atoms with Gasteiger partial charge in [-0.15, -0.1) is 0 Å². The molecule has 0 amide bonds. The van der Waals surface area contributed by atoms with E-state index in [4.69, 9.17) is 16.6 Å². The van der Waals surface area contributed by atoms with E-state index < -0.39 is 0 Å². The number of nitrogens with zero attached hydrogens (tertiary/aromatic N) is 3. The first kappa shape index (κ1) is 20.0. The molecule has 6 heteroatoms. The Morgan fingerprint density at radius 1 is 1.28 bits per heavy atom. The van der Waals surface area contributed by atoms with E-state index in [-0.39, 0.29) is 0 Å². The maximum absolute atomic E-state index is 5.82. The van der Waals surface area contributed by atoms with E-state index in [1.807, 2.05) is 18.3 Å². The number of likely N-dealkylation sites (N-methyl/N-ethyl adjacent to an activating group) is 1. The van der Waals surface area contributed by atoms with Crippen molar-refractivity contribution in [2.24, 2.45) is 4.99 Å². The van der Waals surface area contributed by atoms with Gasteiger partial charge >= 0.3 is 0 Å². The smallest absolute Gasteiger partial charge is 0.191 e. The Bertz CT molecular complexity index is 511. The van der Waals surface area contributed by atoms with E-state index >= 15 is 0 Å². The molecule has 1 saturated carbocycles. The summed E-state index contributed by atoms with van der Waals surface area (Å²) in [5.74, 6) is 0.890. The van der Waals surface area contributed by atoms with Gasteiger partial charge in [-0.2, -0.15) is 0 Å². The molecule has 0 radical (unpaired) electrons. The van der Waals surface area contributed by atoms with Crippen LogP contribution in [0.25, 0.3) is 0 Å². The number of halogens is 1. The van der Waals surface area contributed by atoms with E-state index in [0.717, 1.165) is 44.6 Å². The Hall–Kier alpha value is -1.33. The van der Waals surface area contributed by atoms with Gasteiger partial charge in [0.25, 0.3) is 0 Å². The van der Waals surface area contributed by atoms with Crippen molar-refractivity contribution >= 4 is 17.6 Å². The topological polar surface area (TPSA) is 52.6 Å². The molecule has 1 aliphatic rings. The maximum atomic E-state index is 5.82. The van der Waals surface area contributed by atoms with E-state index in [1.165, 1.54) is 37.7 Å². The fourth-order valence-electron chi connectivity index (χ4n) is 3.25. The number of rotatable bonds is 8. The summed E-state index contributed by atoms with van der Waals surface area (Å²) in [6, 6.07) is 4.59. The average Bonchev–Trinajstić information content (AvgIpc) is 2.64. The second kappa shape index (κ2) is 11.3. The average molecular weight is 366 g/mol. The van der Waals surface area contributed by atoms with Crippen LogP contribution in [0.4, 0.5) is 0 Å². The van der Waals surface area contributed by atoms with E-state index in [0.29, 0.717) is 5.15 Å². The van der Waals surface area contributed by atoms with Gasteiger partial charge < -0.3 is 15.5 Å². The second-order valence-corrected chi connectivity index (χ2v) is 7.09. The predicted octanol–water partition coefficient (Wildman–Crippen LogP) is 3.10. The number of nitrogens with one attached hydrogen (secondary N) is 2. The standard InChI is InChI=1S/C19H32ClN5/c1-3-21-19(22-12-11-16-9-10-18(20)24-15-16)23-13-14-25(2)17-7-5-4-6-8-17/h9-10,15,17H,3-8,11-14H2,1-2H3,(H2,21,22,23). The lowest BCUT2D eigenvalue weighted by atomic mass is 9.94. The Morgan fingerprint density at radius 2 is 2.08 bits per heavy atom. The molecule has 0 aliphatic heterocycles. The number of hydrogen-bond donors (Lipinski definition) is 2. The molecule has 5 nitrogen and oxygen atoms in total. The molecule has 140 valence electrons. The highest BCUT2D eigenvalue weighted by molar-refractivity contribution is 6.29. The highest BCUT2D eigenvalue weighted by Crippen LogP contribution is 2.21. The minimum atomic E-state index is 0.536. The van der Waals surface area contributed by atoms with Crippen molar-refractivity contribution in [1.82, 2.24) is 20.5 Å². The second-order valence-electron chi connectivity index (χ2n) is 6.70. The minimum Gasteiger partial charge on any atom is -0.357 e. The van der Waals surface area contributed by atoms with Crippen molar-refractivity contribution in [1.29, 1.82) is 0 Å². The third-order valence-corrected chi connectivity index (χ3v) is 4.98. The normalized spacial score (nSPS) is 16.2. The first-order valence-corrected chi connectivity index (χ1v) is 9.89. The molecule has 0 atom stereocenters. The van der Waals surface area contributed by atoms with Crippen molar-refractivity contribution in [3.63, 3.8) is 0 Å². The summed E-state index contributed by atoms with van der Waals surface area (Å²) in [7, 11) is 2.24. The summed E-state index contributed by atoms with van der Waals surface area (Å²) in [5.41, 5.74) is 1.17. The van der Waals surface area contributed by atoms with Gasteiger partial charge in [0.05, 0.1) is 6.54 Å². The van der Waals surface area contributed by atoms with Crippen LogP contribution in [0.15, 0.2) is 23.3 Å². The van der Waals surface area contributed by atoms with Gasteiger partial charge in [-0.25, -0.2) is 4.98 Å². The SMILES string of the molecule is CCNC(=NCCN(C)C1CCCCC1)NCCc1ccc(Cl)nc1. The fraction of sp³-hybridized carbons (Fsp3) is 0.684. The van der Waals surface area contributed by atoms with E-state index in [1.54, 1.807) is 0 Å². The van der Waals surface area contributed by atoms with Crippen LogP contribution in [0.3, 0.4) is 0 Å². The van der Waals surface area contributed by atoms with Crippen LogP contribution in [0.5, 0.6) is 0 Å². The zero-order valence-electron chi connectivity index (χ0n) is 15.6. The van der Waals surface area contributed by atoms with Crippen molar-refractivity contribution in [3.8, 4) is 0 Å². The van der Waals surface area contributed by atoms with Gasteiger partial charge in [-0.1, -0.05) is 36.9 Å². The summed E-state index contributed by atoms with van der Waals surface area (Å²) >= 11 is 5.82. The van der Waals surface area contributed by atoms with Crippen LogP contribution in [0, 0.1) is 0 Å². The quantitative estimate of drug-likeness (QED) is 0.422. The van der Waals surface area contributed by atoms with Gasteiger partial charge in [0.15, 0.2) is 5.96 Å². The largest absolute Gasteiger partial charge is 0.357 e. The maximum Gasteiger partial charge on any atom is 0.191 e. The Kier molecular flexibility index (Phi) is 9.05. The van der Waals surface area contributed by atoms with Gasteiger partial charge in [0, 0.05) is 31.9 Å². The molecule has 0 saturated heterocycles. The van der Waals surface area contributed by atoms with Crippen molar-refractivity contribution in [2.45, 2.75) is 51.5 Å². The van der Waals surface area contributed by atoms with Gasteiger partial charge in [0.2, 0.25) is 0 Å². The minimum absolute atomic E-state index is 0.536. The molecule has 2 rings (SSSR count). The molecule has 2 N–H and O–H groups in total. The monoisotopic (exact) mass is 365 g/mol. The summed E-state index contributed by atoms with van der Waals surface area (Å²) in [4.78, 5) is 11.3. The van der Waals surface area contributed by atoms with Crippen molar-refractivity contribution in [2.75, 3.05) is 33.2 Å². The van der Waals surface area contributed by atoms with Crippen LogP contribution >= 0.6 is 11.6 Å². The fourth-order valence-corrected chi connectivity index (χ4v) is 3.36. The number of aliphatic imine (C=N–C) groups is 1. The van der Waals surface area contributed by atoms with Crippen LogP contribution in [-0.2, 0) is 6.42 Å². The van der Waals surface area contributed by atoms with Crippen LogP contribution in [0.1, 0.15) is 44.6 Å². The molecule has 0 bridgehead atoms. The summed E-state index contributed by atoms with van der Waals surface area (Å²) in [6.07, 6.45) is 9.56. The molecule has 0 spiro atoms. The zero-order valence-corrected chi connectivity index (χ0v) is 16.4. The van der Waals surface area contributed by atoms with Crippen molar-refractivity contribution < 1.29 is 0 Å². The molecule has 1 aromatic rings. The third kappa shape index (κ3) is 7.61. The molecule has 1 aromatic heterocycles. The van der Waals surface area contributed by atoms with Crippen LogP contribution < -0.4 is 10.6 Å². The molecular weight excluding hydrogens is 334 g/mol. The van der Waals surface area contributed by atoms with Gasteiger partial charge in [-0.3, -0.25) is 4.99 Å². The highest BCUT2D eigenvalue weighted by Gasteiger charge is 2.17. The molecular formula is C19H32ClN5. The molecule has 1 heterocycles. The first-order chi connectivity index (χ1) is 12.2. The first-order valence-electron chi connectivity index (χ1n) is 9.52. The molecule has 1 aliphatic carbocycles. The van der Waals surface area contributed by atoms with E-state index in [9.17, 15) is 0 Å². The number of aromatic nitrogens is 1.